The van der Waals surface area contributed by atoms with Crippen LogP contribution in [0.25, 0.3) is 10.2 Å². The summed E-state index contributed by atoms with van der Waals surface area (Å²) in [4.78, 5) is 23.5. The predicted octanol–water partition coefficient (Wildman–Crippen LogP) is 4.23. The molecule has 0 fully saturated rings. The number of anilines is 1. The fourth-order valence-electron chi connectivity index (χ4n) is 2.77. The minimum absolute atomic E-state index is 0.246. The number of benzene rings is 1. The topological polar surface area (TPSA) is 81.4 Å². The van der Waals surface area contributed by atoms with Gasteiger partial charge in [-0.3, -0.25) is 14.7 Å². The second-order valence-electron chi connectivity index (χ2n) is 6.13. The summed E-state index contributed by atoms with van der Waals surface area (Å²) in [5.74, 6) is 1.09. The summed E-state index contributed by atoms with van der Waals surface area (Å²) in [7, 11) is 0. The number of hydrogen-bond acceptors (Lipinski definition) is 7. The molecule has 7 nitrogen and oxygen atoms in total. The number of fused-ring (bicyclic) bond motifs is 1. The molecule has 0 saturated heterocycles. The van der Waals surface area contributed by atoms with Crippen LogP contribution in [-0.2, 0) is 6.54 Å². The van der Waals surface area contributed by atoms with Crippen LogP contribution in [0.5, 0.6) is 5.75 Å². The van der Waals surface area contributed by atoms with Gasteiger partial charge in [0.15, 0.2) is 10.8 Å². The van der Waals surface area contributed by atoms with Crippen molar-refractivity contribution < 1.29 is 14.1 Å². The van der Waals surface area contributed by atoms with Crippen LogP contribution in [0.4, 0.5) is 5.13 Å². The molecule has 0 N–H and O–H groups in total. The molecule has 3 aromatic heterocycles. The number of aryl methyl sites for hydroxylation is 1. The number of pyridine rings is 1. The van der Waals surface area contributed by atoms with Crippen molar-refractivity contribution >= 4 is 32.6 Å². The summed E-state index contributed by atoms with van der Waals surface area (Å²) in [5.41, 5.74) is 1.95. The maximum Gasteiger partial charge on any atom is 0.282 e. The summed E-state index contributed by atoms with van der Waals surface area (Å²) in [6.07, 6.45) is 3.43. The van der Waals surface area contributed by atoms with Gasteiger partial charge in [0.25, 0.3) is 5.91 Å². The second kappa shape index (κ2) is 7.77. The zero-order chi connectivity index (χ0) is 19.5. The van der Waals surface area contributed by atoms with Crippen molar-refractivity contribution in [3.05, 3.63) is 65.8 Å². The van der Waals surface area contributed by atoms with Gasteiger partial charge in [0.05, 0.1) is 23.4 Å². The number of amides is 1. The number of aromatic nitrogens is 3. The van der Waals surface area contributed by atoms with Crippen molar-refractivity contribution in [3.63, 3.8) is 0 Å². The van der Waals surface area contributed by atoms with Crippen LogP contribution in [0.1, 0.15) is 28.7 Å². The molecule has 0 spiro atoms. The maximum atomic E-state index is 13.1. The molecule has 4 aromatic rings. The molecule has 3 heterocycles. The molecule has 0 aliphatic carbocycles. The Bertz CT molecular complexity index is 1110. The fourth-order valence-corrected chi connectivity index (χ4v) is 3.76. The molecule has 0 aliphatic heterocycles. The van der Waals surface area contributed by atoms with E-state index in [-0.39, 0.29) is 11.6 Å². The molecule has 0 bridgehead atoms. The van der Waals surface area contributed by atoms with Crippen molar-refractivity contribution in [1.29, 1.82) is 0 Å². The SMILES string of the molecule is CCOc1ccc2nc(N(Cc3cccnc3)C(=O)c3cc(C)on3)sc2c1. The Balaban J connectivity index is 1.73. The molecule has 8 heteroatoms. The standard InChI is InChI=1S/C20H18N4O3S/c1-3-26-15-6-7-16-18(10-15)28-20(22-16)24(12-14-5-4-8-21-11-14)19(25)17-9-13(2)27-23-17/h4-11H,3,12H2,1-2H3. The molecule has 0 unspecified atom stereocenters. The number of hydrogen-bond donors (Lipinski definition) is 0. The molecule has 1 aromatic carbocycles. The lowest BCUT2D eigenvalue weighted by Gasteiger charge is -2.18. The van der Waals surface area contributed by atoms with Crippen molar-refractivity contribution in [1.82, 2.24) is 15.1 Å². The number of carbonyl (C=O) groups is 1. The van der Waals surface area contributed by atoms with Gasteiger partial charge in [-0.15, -0.1) is 0 Å². The highest BCUT2D eigenvalue weighted by Gasteiger charge is 2.24. The summed E-state index contributed by atoms with van der Waals surface area (Å²) in [6.45, 7) is 4.61. The molecular weight excluding hydrogens is 376 g/mol. The molecule has 0 aliphatic rings. The predicted molar refractivity (Wildman–Crippen MR) is 107 cm³/mol. The summed E-state index contributed by atoms with van der Waals surface area (Å²) in [5, 5.41) is 4.45. The van der Waals surface area contributed by atoms with Gasteiger partial charge in [0.2, 0.25) is 0 Å². The van der Waals surface area contributed by atoms with Gasteiger partial charge in [-0.1, -0.05) is 22.6 Å². The van der Waals surface area contributed by atoms with E-state index in [0.717, 1.165) is 21.5 Å². The lowest BCUT2D eigenvalue weighted by atomic mass is 10.2. The van der Waals surface area contributed by atoms with Gasteiger partial charge in [0, 0.05) is 18.5 Å². The molecule has 0 atom stereocenters. The van der Waals surface area contributed by atoms with Gasteiger partial charge in [-0.2, -0.15) is 0 Å². The highest BCUT2D eigenvalue weighted by molar-refractivity contribution is 7.22. The summed E-state index contributed by atoms with van der Waals surface area (Å²) >= 11 is 1.43. The Labute approximate surface area is 165 Å². The first-order chi connectivity index (χ1) is 13.6. The van der Waals surface area contributed by atoms with Crippen molar-refractivity contribution in [2.45, 2.75) is 20.4 Å². The van der Waals surface area contributed by atoms with Crippen LogP contribution in [-0.4, -0.2) is 27.6 Å². The molecule has 0 saturated carbocycles. The van der Waals surface area contributed by atoms with Crippen molar-refractivity contribution in [2.24, 2.45) is 0 Å². The lowest BCUT2D eigenvalue weighted by molar-refractivity contribution is 0.0976. The van der Waals surface area contributed by atoms with E-state index in [0.29, 0.717) is 24.0 Å². The Kier molecular flexibility index (Phi) is 5.03. The average Bonchev–Trinajstić information content (AvgIpc) is 3.32. The number of carbonyl (C=O) groups excluding carboxylic acids is 1. The van der Waals surface area contributed by atoms with Crippen LogP contribution in [0, 0.1) is 6.92 Å². The van der Waals surface area contributed by atoms with E-state index >= 15 is 0 Å². The van der Waals surface area contributed by atoms with Crippen LogP contribution >= 0.6 is 11.3 Å². The van der Waals surface area contributed by atoms with Gasteiger partial charge in [-0.05, 0) is 43.7 Å². The van der Waals surface area contributed by atoms with Gasteiger partial charge >= 0.3 is 0 Å². The van der Waals surface area contributed by atoms with E-state index in [4.69, 9.17) is 9.26 Å². The third-order valence-electron chi connectivity index (χ3n) is 4.05. The van der Waals surface area contributed by atoms with Crippen LogP contribution in [0.2, 0.25) is 0 Å². The zero-order valence-electron chi connectivity index (χ0n) is 15.5. The number of ether oxygens (including phenoxy) is 1. The van der Waals surface area contributed by atoms with Crippen molar-refractivity contribution in [3.8, 4) is 5.75 Å². The summed E-state index contributed by atoms with van der Waals surface area (Å²) < 4.78 is 11.6. The smallest absolute Gasteiger partial charge is 0.282 e. The molecule has 1 amide bonds. The number of thiazole rings is 1. The van der Waals surface area contributed by atoms with Gasteiger partial charge in [-0.25, -0.2) is 4.98 Å². The maximum absolute atomic E-state index is 13.1. The Morgan fingerprint density at radius 3 is 2.89 bits per heavy atom. The Morgan fingerprint density at radius 1 is 1.29 bits per heavy atom. The minimum atomic E-state index is -0.273. The monoisotopic (exact) mass is 394 g/mol. The van der Waals surface area contributed by atoms with Crippen LogP contribution in [0.3, 0.4) is 0 Å². The van der Waals surface area contributed by atoms with Gasteiger partial charge < -0.3 is 9.26 Å². The first kappa shape index (κ1) is 18.1. The lowest BCUT2D eigenvalue weighted by Crippen LogP contribution is -2.30. The van der Waals surface area contributed by atoms with E-state index in [1.807, 2.05) is 37.3 Å². The Morgan fingerprint density at radius 2 is 2.18 bits per heavy atom. The highest BCUT2D eigenvalue weighted by atomic mass is 32.1. The third kappa shape index (κ3) is 3.72. The third-order valence-corrected chi connectivity index (χ3v) is 5.09. The largest absolute Gasteiger partial charge is 0.494 e. The van der Waals surface area contributed by atoms with E-state index < -0.39 is 0 Å². The minimum Gasteiger partial charge on any atom is -0.494 e. The Hall–Kier alpha value is -3.26. The molecular formula is C20H18N4O3S. The molecule has 0 radical (unpaired) electrons. The fraction of sp³-hybridized carbons (Fsp3) is 0.200. The second-order valence-corrected chi connectivity index (χ2v) is 7.14. The van der Waals surface area contributed by atoms with E-state index in [1.165, 1.54) is 11.3 Å². The van der Waals surface area contributed by atoms with E-state index in [9.17, 15) is 4.79 Å². The average molecular weight is 394 g/mol. The zero-order valence-corrected chi connectivity index (χ0v) is 16.3. The van der Waals surface area contributed by atoms with Crippen LogP contribution in [0.15, 0.2) is 53.3 Å². The number of nitrogens with zero attached hydrogens (tertiary/aromatic N) is 4. The highest BCUT2D eigenvalue weighted by Crippen LogP contribution is 2.33. The molecule has 4 rings (SSSR count). The first-order valence-corrected chi connectivity index (χ1v) is 9.63. The normalized spacial score (nSPS) is 10.9. The molecule has 28 heavy (non-hydrogen) atoms. The van der Waals surface area contributed by atoms with Crippen LogP contribution < -0.4 is 9.64 Å². The summed E-state index contributed by atoms with van der Waals surface area (Å²) in [6, 6.07) is 11.1. The number of rotatable bonds is 6. The first-order valence-electron chi connectivity index (χ1n) is 8.81. The molecule has 142 valence electrons. The van der Waals surface area contributed by atoms with Crippen molar-refractivity contribution in [2.75, 3.05) is 11.5 Å². The van der Waals surface area contributed by atoms with Gasteiger partial charge in [0.1, 0.15) is 11.5 Å². The van der Waals surface area contributed by atoms with E-state index in [1.54, 1.807) is 30.3 Å². The van der Waals surface area contributed by atoms with E-state index in [2.05, 4.69) is 15.1 Å². The quantitative estimate of drug-likeness (QED) is 0.487.